The molecule has 5 nitrogen and oxygen atoms in total. The number of hydrogen-bond acceptors (Lipinski definition) is 4. The summed E-state index contributed by atoms with van der Waals surface area (Å²) in [6, 6.07) is 5.36. The first kappa shape index (κ1) is 15.6. The second-order valence-corrected chi connectivity index (χ2v) is 6.36. The number of fused-ring (bicyclic) bond motifs is 1. The van der Waals surface area contributed by atoms with Gasteiger partial charge in [0.05, 0.1) is 6.04 Å². The van der Waals surface area contributed by atoms with Gasteiger partial charge in [0, 0.05) is 6.54 Å². The zero-order valence-corrected chi connectivity index (χ0v) is 12.9. The molecule has 1 amide bonds. The van der Waals surface area contributed by atoms with Crippen molar-refractivity contribution in [3.05, 3.63) is 23.8 Å². The molecule has 0 aliphatic carbocycles. The second kappa shape index (κ2) is 6.35. The molecule has 0 spiro atoms. The van der Waals surface area contributed by atoms with Gasteiger partial charge in [-0.15, -0.1) is 0 Å². The first-order valence-electron chi connectivity index (χ1n) is 7.30. The Bertz CT molecular complexity index is 509. The van der Waals surface area contributed by atoms with Crippen LogP contribution < -0.4 is 20.5 Å². The number of rotatable bonds is 4. The summed E-state index contributed by atoms with van der Waals surface area (Å²) in [5.41, 5.74) is 6.78. The zero-order chi connectivity index (χ0) is 15.5. The van der Waals surface area contributed by atoms with Crippen LogP contribution in [0.4, 0.5) is 0 Å². The molecule has 0 saturated heterocycles. The summed E-state index contributed by atoms with van der Waals surface area (Å²) < 4.78 is 11.0. The third-order valence-corrected chi connectivity index (χ3v) is 3.53. The Balaban J connectivity index is 1.85. The van der Waals surface area contributed by atoms with Crippen LogP contribution in [0.15, 0.2) is 18.2 Å². The summed E-state index contributed by atoms with van der Waals surface area (Å²) >= 11 is 0. The molecule has 3 N–H and O–H groups in total. The molecular formula is C16H24N2O3. The molecule has 0 radical (unpaired) electrons. The van der Waals surface area contributed by atoms with Crippen LogP contribution in [-0.2, 0) is 11.2 Å². The van der Waals surface area contributed by atoms with E-state index < -0.39 is 6.04 Å². The van der Waals surface area contributed by atoms with Crippen molar-refractivity contribution >= 4 is 5.91 Å². The predicted molar refractivity (Wildman–Crippen MR) is 81.6 cm³/mol. The van der Waals surface area contributed by atoms with Crippen LogP contribution in [0.5, 0.6) is 11.5 Å². The zero-order valence-electron chi connectivity index (χ0n) is 12.9. The molecule has 0 unspecified atom stereocenters. The summed E-state index contributed by atoms with van der Waals surface area (Å²) in [5, 5.41) is 2.88. The molecule has 0 aromatic heterocycles. The van der Waals surface area contributed by atoms with E-state index in [2.05, 4.69) is 5.32 Å². The number of carbonyl (C=O) groups is 1. The number of nitrogens with one attached hydrogen (secondary N) is 1. The Hall–Kier alpha value is -1.75. The molecule has 0 saturated carbocycles. The maximum Gasteiger partial charge on any atom is 0.237 e. The smallest absolute Gasteiger partial charge is 0.237 e. The summed E-state index contributed by atoms with van der Waals surface area (Å²) in [7, 11) is 0. The minimum atomic E-state index is -0.502. The van der Waals surface area contributed by atoms with Crippen molar-refractivity contribution in [1.82, 2.24) is 5.32 Å². The molecule has 2 rings (SSSR count). The number of ether oxygens (including phenoxy) is 2. The average Bonchev–Trinajstić information content (AvgIpc) is 2.45. The molecule has 1 atom stereocenters. The van der Waals surface area contributed by atoms with E-state index in [1.54, 1.807) is 0 Å². The van der Waals surface area contributed by atoms with E-state index in [0.717, 1.165) is 23.5 Å². The first-order valence-corrected chi connectivity index (χ1v) is 7.30. The van der Waals surface area contributed by atoms with Crippen molar-refractivity contribution in [2.24, 2.45) is 11.1 Å². The van der Waals surface area contributed by atoms with E-state index in [4.69, 9.17) is 15.2 Å². The van der Waals surface area contributed by atoms with Gasteiger partial charge in [-0.25, -0.2) is 0 Å². The van der Waals surface area contributed by atoms with Crippen LogP contribution in [0.25, 0.3) is 0 Å². The topological polar surface area (TPSA) is 73.6 Å². The Labute approximate surface area is 125 Å². The lowest BCUT2D eigenvalue weighted by molar-refractivity contribution is -0.124. The summed E-state index contributed by atoms with van der Waals surface area (Å²) in [6.07, 6.45) is 0.735. The van der Waals surface area contributed by atoms with E-state index in [1.165, 1.54) is 0 Å². The fourth-order valence-corrected chi connectivity index (χ4v) is 2.08. The van der Waals surface area contributed by atoms with E-state index in [-0.39, 0.29) is 11.3 Å². The van der Waals surface area contributed by atoms with Gasteiger partial charge in [0.15, 0.2) is 11.5 Å². The van der Waals surface area contributed by atoms with Crippen LogP contribution in [-0.4, -0.2) is 31.7 Å². The molecule has 1 aliphatic heterocycles. The third-order valence-electron chi connectivity index (χ3n) is 3.53. The molecule has 0 fully saturated rings. The molecule has 1 aliphatic rings. The van der Waals surface area contributed by atoms with Crippen molar-refractivity contribution in [3.8, 4) is 11.5 Å². The van der Waals surface area contributed by atoms with Crippen molar-refractivity contribution in [1.29, 1.82) is 0 Å². The highest BCUT2D eigenvalue weighted by Gasteiger charge is 2.26. The highest BCUT2D eigenvalue weighted by molar-refractivity contribution is 5.82. The van der Waals surface area contributed by atoms with E-state index in [9.17, 15) is 4.79 Å². The first-order chi connectivity index (χ1) is 9.88. The van der Waals surface area contributed by atoms with Crippen molar-refractivity contribution in [2.45, 2.75) is 33.2 Å². The summed E-state index contributed by atoms with van der Waals surface area (Å²) in [5.74, 6) is 1.44. The largest absolute Gasteiger partial charge is 0.486 e. The minimum absolute atomic E-state index is 0.111. The lowest BCUT2D eigenvalue weighted by atomic mass is 9.87. The highest BCUT2D eigenvalue weighted by atomic mass is 16.6. The maximum absolute atomic E-state index is 11.9. The SMILES string of the molecule is CC(C)(C)[C@@H](N)C(=O)NCCc1ccc2c(c1)OCCO2. The Morgan fingerprint density at radius 1 is 1.29 bits per heavy atom. The van der Waals surface area contributed by atoms with Gasteiger partial charge in [0.25, 0.3) is 0 Å². The van der Waals surface area contributed by atoms with Gasteiger partial charge in [-0.3, -0.25) is 4.79 Å². The number of amides is 1. The van der Waals surface area contributed by atoms with Crippen LogP contribution in [0.3, 0.4) is 0 Å². The minimum Gasteiger partial charge on any atom is -0.486 e. The Kier molecular flexibility index (Phi) is 4.73. The summed E-state index contributed by atoms with van der Waals surface area (Å²) in [4.78, 5) is 11.9. The second-order valence-electron chi connectivity index (χ2n) is 6.36. The highest BCUT2D eigenvalue weighted by Crippen LogP contribution is 2.30. The fourth-order valence-electron chi connectivity index (χ4n) is 2.08. The van der Waals surface area contributed by atoms with E-state index in [0.29, 0.717) is 19.8 Å². The molecule has 1 heterocycles. The molecule has 0 bridgehead atoms. The van der Waals surface area contributed by atoms with Crippen LogP contribution in [0.1, 0.15) is 26.3 Å². The lowest BCUT2D eigenvalue weighted by Gasteiger charge is -2.25. The number of nitrogens with two attached hydrogens (primary N) is 1. The van der Waals surface area contributed by atoms with Gasteiger partial charge in [-0.2, -0.15) is 0 Å². The quantitative estimate of drug-likeness (QED) is 0.882. The van der Waals surface area contributed by atoms with Crippen molar-refractivity contribution < 1.29 is 14.3 Å². The number of hydrogen-bond donors (Lipinski definition) is 2. The molecule has 1 aromatic rings. The third kappa shape index (κ3) is 4.11. The van der Waals surface area contributed by atoms with E-state index >= 15 is 0 Å². The Morgan fingerprint density at radius 3 is 2.62 bits per heavy atom. The maximum atomic E-state index is 11.9. The normalized spacial score (nSPS) is 15.4. The van der Waals surface area contributed by atoms with Crippen LogP contribution in [0.2, 0.25) is 0 Å². The monoisotopic (exact) mass is 292 g/mol. The number of carbonyl (C=O) groups excluding carboxylic acids is 1. The van der Waals surface area contributed by atoms with Crippen molar-refractivity contribution in [3.63, 3.8) is 0 Å². The standard InChI is InChI=1S/C16H24N2O3/c1-16(2,3)14(17)15(19)18-7-6-11-4-5-12-13(10-11)21-9-8-20-12/h4-5,10,14H,6-9,17H2,1-3H3,(H,18,19)/t14-/m0/s1. The molecule has 5 heteroatoms. The van der Waals surface area contributed by atoms with Gasteiger partial charge in [-0.05, 0) is 29.5 Å². The van der Waals surface area contributed by atoms with Gasteiger partial charge < -0.3 is 20.5 Å². The molecular weight excluding hydrogens is 268 g/mol. The lowest BCUT2D eigenvalue weighted by Crippen LogP contribution is -2.48. The average molecular weight is 292 g/mol. The molecule has 116 valence electrons. The predicted octanol–water partition coefficient (Wildman–Crippen LogP) is 1.49. The van der Waals surface area contributed by atoms with Gasteiger partial charge >= 0.3 is 0 Å². The van der Waals surface area contributed by atoms with Gasteiger partial charge in [0.2, 0.25) is 5.91 Å². The number of benzene rings is 1. The van der Waals surface area contributed by atoms with Gasteiger partial charge in [-0.1, -0.05) is 26.8 Å². The molecule has 21 heavy (non-hydrogen) atoms. The fraction of sp³-hybridized carbons (Fsp3) is 0.562. The van der Waals surface area contributed by atoms with Crippen LogP contribution >= 0.6 is 0 Å². The summed E-state index contributed by atoms with van der Waals surface area (Å²) in [6.45, 7) is 7.59. The molecule has 1 aromatic carbocycles. The Morgan fingerprint density at radius 2 is 1.95 bits per heavy atom. The van der Waals surface area contributed by atoms with Crippen molar-refractivity contribution in [2.75, 3.05) is 19.8 Å². The van der Waals surface area contributed by atoms with E-state index in [1.807, 2.05) is 39.0 Å². The van der Waals surface area contributed by atoms with Gasteiger partial charge in [0.1, 0.15) is 13.2 Å². The van der Waals surface area contributed by atoms with Crippen LogP contribution in [0, 0.1) is 5.41 Å².